The molecule has 3 heterocycles. The fraction of sp³-hybridized carbons (Fsp3) is 0.357. The third-order valence-corrected chi connectivity index (χ3v) is 4.74. The van der Waals surface area contributed by atoms with Gasteiger partial charge in [0.05, 0.1) is 10.4 Å². The summed E-state index contributed by atoms with van der Waals surface area (Å²) >= 11 is 1.59. The number of nitrogens with two attached hydrogens (primary N) is 1. The van der Waals surface area contributed by atoms with Gasteiger partial charge in [0.2, 0.25) is 0 Å². The molecule has 0 amide bonds. The molecule has 3 aromatic heterocycles. The van der Waals surface area contributed by atoms with E-state index in [-0.39, 0.29) is 0 Å². The van der Waals surface area contributed by atoms with Gasteiger partial charge in [-0.3, -0.25) is 0 Å². The van der Waals surface area contributed by atoms with Crippen LogP contribution in [0.3, 0.4) is 0 Å². The van der Waals surface area contributed by atoms with Gasteiger partial charge < -0.3 is 14.8 Å². The number of thiophene rings is 1. The van der Waals surface area contributed by atoms with E-state index in [1.54, 1.807) is 17.4 Å². The lowest BCUT2D eigenvalue weighted by atomic mass is 9.99. The van der Waals surface area contributed by atoms with Crippen LogP contribution < -0.4 is 5.73 Å². The third-order valence-electron chi connectivity index (χ3n) is 3.86. The Kier molecular flexibility index (Phi) is 2.90. The summed E-state index contributed by atoms with van der Waals surface area (Å²) in [5.41, 5.74) is 6.41. The van der Waals surface area contributed by atoms with Crippen LogP contribution in [-0.2, 0) is 5.54 Å². The average Bonchev–Trinajstić information content (AvgIpc) is 3.25. The molecule has 2 N–H and O–H groups in total. The molecule has 1 fully saturated rings. The summed E-state index contributed by atoms with van der Waals surface area (Å²) in [7, 11) is 0. The van der Waals surface area contributed by atoms with Crippen LogP contribution in [0.25, 0.3) is 22.2 Å². The summed E-state index contributed by atoms with van der Waals surface area (Å²) in [6.45, 7) is 0. The van der Waals surface area contributed by atoms with Crippen molar-refractivity contribution in [2.24, 2.45) is 5.73 Å². The third kappa shape index (κ3) is 2.18. The summed E-state index contributed by atoms with van der Waals surface area (Å²) in [6, 6.07) is 5.74. The van der Waals surface area contributed by atoms with Crippen molar-refractivity contribution < 1.29 is 9.05 Å². The maximum absolute atomic E-state index is 6.33. The fourth-order valence-corrected chi connectivity index (χ4v) is 3.34. The largest absolute Gasteiger partial charge is 0.355 e. The Balaban J connectivity index is 1.64. The smallest absolute Gasteiger partial charge is 0.280 e. The zero-order valence-electron chi connectivity index (χ0n) is 11.3. The van der Waals surface area contributed by atoms with Crippen LogP contribution in [-0.4, -0.2) is 15.3 Å². The zero-order chi connectivity index (χ0) is 14.3. The van der Waals surface area contributed by atoms with Gasteiger partial charge >= 0.3 is 0 Å². The Morgan fingerprint density at radius 2 is 2.05 bits per heavy atom. The van der Waals surface area contributed by atoms with Crippen LogP contribution in [0, 0.1) is 0 Å². The topological polar surface area (TPSA) is 91.0 Å². The maximum atomic E-state index is 6.33. The van der Waals surface area contributed by atoms with E-state index in [2.05, 4.69) is 15.3 Å². The molecule has 0 spiro atoms. The SMILES string of the molecule is NC1(c2noc(-c3cc(-c4cccs4)on3)n2)CCCC1. The van der Waals surface area contributed by atoms with E-state index < -0.39 is 5.54 Å². The molecule has 3 aromatic rings. The highest BCUT2D eigenvalue weighted by Gasteiger charge is 2.36. The second-order valence-electron chi connectivity index (χ2n) is 5.34. The van der Waals surface area contributed by atoms with Gasteiger partial charge in [0.15, 0.2) is 17.3 Å². The average molecular weight is 302 g/mol. The fourth-order valence-electron chi connectivity index (χ4n) is 2.67. The summed E-state index contributed by atoms with van der Waals surface area (Å²) in [6.07, 6.45) is 4.00. The first-order valence-corrected chi connectivity index (χ1v) is 7.77. The highest BCUT2D eigenvalue weighted by atomic mass is 32.1. The normalized spacial score (nSPS) is 17.4. The van der Waals surface area contributed by atoms with Gasteiger partial charge in [0.1, 0.15) is 0 Å². The lowest BCUT2D eigenvalue weighted by Gasteiger charge is -2.17. The highest BCUT2D eigenvalue weighted by Crippen LogP contribution is 2.35. The molecule has 108 valence electrons. The number of aromatic nitrogens is 3. The van der Waals surface area contributed by atoms with Gasteiger partial charge in [-0.15, -0.1) is 11.3 Å². The molecule has 1 saturated carbocycles. The molecular formula is C14H14N4O2S. The second kappa shape index (κ2) is 4.78. The van der Waals surface area contributed by atoms with Crippen LogP contribution in [0.15, 0.2) is 32.6 Å². The predicted molar refractivity (Wildman–Crippen MR) is 77.4 cm³/mol. The maximum Gasteiger partial charge on any atom is 0.280 e. The predicted octanol–water partition coefficient (Wildman–Crippen LogP) is 3.18. The molecule has 0 atom stereocenters. The quantitative estimate of drug-likeness (QED) is 0.799. The molecular weight excluding hydrogens is 288 g/mol. The van der Waals surface area contributed by atoms with Crippen LogP contribution in [0.5, 0.6) is 0 Å². The zero-order valence-corrected chi connectivity index (χ0v) is 12.1. The molecule has 1 aliphatic rings. The van der Waals surface area contributed by atoms with Gasteiger partial charge in [-0.05, 0) is 24.3 Å². The van der Waals surface area contributed by atoms with Crippen LogP contribution >= 0.6 is 11.3 Å². The van der Waals surface area contributed by atoms with Gasteiger partial charge in [-0.1, -0.05) is 29.2 Å². The van der Waals surface area contributed by atoms with E-state index in [0.717, 1.165) is 30.6 Å². The van der Waals surface area contributed by atoms with E-state index in [1.165, 1.54) is 0 Å². The van der Waals surface area contributed by atoms with Crippen molar-refractivity contribution in [1.82, 2.24) is 15.3 Å². The van der Waals surface area contributed by atoms with Crippen molar-refractivity contribution in [3.8, 4) is 22.2 Å². The van der Waals surface area contributed by atoms with Crippen molar-refractivity contribution in [3.63, 3.8) is 0 Å². The Bertz CT molecular complexity index is 741. The highest BCUT2D eigenvalue weighted by molar-refractivity contribution is 7.13. The van der Waals surface area contributed by atoms with Gasteiger partial charge in [-0.2, -0.15) is 4.98 Å². The van der Waals surface area contributed by atoms with E-state index in [9.17, 15) is 0 Å². The van der Waals surface area contributed by atoms with Crippen molar-refractivity contribution in [2.45, 2.75) is 31.2 Å². The van der Waals surface area contributed by atoms with Gasteiger partial charge in [0, 0.05) is 6.07 Å². The molecule has 6 nitrogen and oxygen atoms in total. The van der Waals surface area contributed by atoms with Crippen molar-refractivity contribution in [1.29, 1.82) is 0 Å². The number of hydrogen-bond donors (Lipinski definition) is 1. The molecule has 0 aromatic carbocycles. The lowest BCUT2D eigenvalue weighted by Crippen LogP contribution is -2.34. The lowest BCUT2D eigenvalue weighted by molar-refractivity contribution is 0.370. The minimum atomic E-state index is -0.456. The van der Waals surface area contributed by atoms with Gasteiger partial charge in [0.25, 0.3) is 5.89 Å². The molecule has 0 bridgehead atoms. The number of hydrogen-bond acceptors (Lipinski definition) is 7. The molecule has 0 radical (unpaired) electrons. The molecule has 7 heteroatoms. The first-order valence-electron chi connectivity index (χ1n) is 6.89. The molecule has 0 unspecified atom stereocenters. The van der Waals surface area contributed by atoms with E-state index in [4.69, 9.17) is 14.8 Å². The summed E-state index contributed by atoms with van der Waals surface area (Å²) in [5, 5.41) is 10.0. The van der Waals surface area contributed by atoms with Crippen molar-refractivity contribution in [3.05, 3.63) is 29.4 Å². The van der Waals surface area contributed by atoms with Crippen LogP contribution in [0.4, 0.5) is 0 Å². The molecule has 4 rings (SSSR count). The summed E-state index contributed by atoms with van der Waals surface area (Å²) in [5.74, 6) is 1.62. The van der Waals surface area contributed by atoms with E-state index in [1.807, 2.05) is 17.5 Å². The first-order chi connectivity index (χ1) is 10.2. The monoisotopic (exact) mass is 302 g/mol. The van der Waals surface area contributed by atoms with Crippen LogP contribution in [0.2, 0.25) is 0 Å². The van der Waals surface area contributed by atoms with Crippen molar-refractivity contribution in [2.75, 3.05) is 0 Å². The molecule has 1 aliphatic carbocycles. The van der Waals surface area contributed by atoms with Crippen LogP contribution in [0.1, 0.15) is 31.5 Å². The molecule has 0 saturated heterocycles. The Morgan fingerprint density at radius 1 is 1.19 bits per heavy atom. The van der Waals surface area contributed by atoms with Crippen molar-refractivity contribution >= 4 is 11.3 Å². The first kappa shape index (κ1) is 12.7. The Morgan fingerprint density at radius 3 is 2.81 bits per heavy atom. The summed E-state index contributed by atoms with van der Waals surface area (Å²) in [4.78, 5) is 5.42. The Hall–Kier alpha value is -1.99. The molecule has 21 heavy (non-hydrogen) atoms. The minimum Gasteiger partial charge on any atom is -0.355 e. The minimum absolute atomic E-state index is 0.355. The van der Waals surface area contributed by atoms with E-state index in [0.29, 0.717) is 23.2 Å². The Labute approximate surface area is 124 Å². The number of nitrogens with zero attached hydrogens (tertiary/aromatic N) is 3. The standard InChI is InChI=1S/C14H14N4O2S/c15-14(5-1-2-6-14)13-16-12(20-18-13)9-8-10(19-17-9)11-4-3-7-21-11/h3-4,7-8H,1-2,5-6,15H2. The second-order valence-corrected chi connectivity index (χ2v) is 6.29. The molecule has 0 aliphatic heterocycles. The van der Waals surface area contributed by atoms with E-state index >= 15 is 0 Å². The summed E-state index contributed by atoms with van der Waals surface area (Å²) < 4.78 is 10.6. The number of rotatable bonds is 3. The van der Waals surface area contributed by atoms with Gasteiger partial charge in [-0.25, -0.2) is 0 Å².